The molecule has 0 saturated carbocycles. The van der Waals surface area contributed by atoms with E-state index < -0.39 is 0 Å². The van der Waals surface area contributed by atoms with Crippen LogP contribution in [0.15, 0.2) is 45.6 Å². The van der Waals surface area contributed by atoms with Gasteiger partial charge in [0.25, 0.3) is 0 Å². The molecule has 0 amide bonds. The van der Waals surface area contributed by atoms with Crippen molar-refractivity contribution in [3.63, 3.8) is 0 Å². The lowest BCUT2D eigenvalue weighted by molar-refractivity contribution is -0.0416. The Morgan fingerprint density at radius 3 is 1.76 bits per heavy atom. The largest absolute Gasteiger partial charge is 0.467 e. The number of ether oxygens (including phenoxy) is 1. The van der Waals surface area contributed by atoms with Crippen molar-refractivity contribution >= 4 is 23.5 Å². The lowest BCUT2D eigenvalue weighted by Crippen LogP contribution is -2.13. The molecule has 2 saturated heterocycles. The Balaban J connectivity index is 1.50. The van der Waals surface area contributed by atoms with Gasteiger partial charge in [0.05, 0.1) is 12.5 Å². The molecule has 0 bridgehead atoms. The maximum absolute atomic E-state index is 6.43. The van der Waals surface area contributed by atoms with Crippen molar-refractivity contribution in [1.29, 1.82) is 0 Å². The van der Waals surface area contributed by atoms with Gasteiger partial charge in [0, 0.05) is 22.0 Å². The molecule has 4 heterocycles. The standard InChI is InChI=1S/C16H18O3S2/c1-3-13(17-5-1)15(7-11-9-20-11)19-16(8-12-10-21-12)14-4-2-6-18-14/h1-6,11-12,15-16H,7-10H2. The van der Waals surface area contributed by atoms with Crippen molar-refractivity contribution in [2.24, 2.45) is 0 Å². The monoisotopic (exact) mass is 322 g/mol. The molecule has 2 aromatic heterocycles. The molecule has 0 N–H and O–H groups in total. The summed E-state index contributed by atoms with van der Waals surface area (Å²) < 4.78 is 17.6. The highest BCUT2D eigenvalue weighted by Crippen LogP contribution is 2.44. The number of hydrogen-bond donors (Lipinski definition) is 0. The van der Waals surface area contributed by atoms with E-state index in [1.165, 1.54) is 11.5 Å². The van der Waals surface area contributed by atoms with Crippen LogP contribution in [-0.4, -0.2) is 22.0 Å². The van der Waals surface area contributed by atoms with Crippen molar-refractivity contribution in [2.75, 3.05) is 11.5 Å². The molecule has 2 fully saturated rings. The maximum atomic E-state index is 6.43. The van der Waals surface area contributed by atoms with E-state index in [2.05, 4.69) is 0 Å². The first-order chi connectivity index (χ1) is 10.4. The van der Waals surface area contributed by atoms with E-state index in [9.17, 15) is 0 Å². The molecule has 2 aromatic rings. The number of furan rings is 2. The maximum Gasteiger partial charge on any atom is 0.132 e. The highest BCUT2D eigenvalue weighted by Gasteiger charge is 2.34. The third kappa shape index (κ3) is 3.71. The normalized spacial score (nSPS) is 26.5. The van der Waals surface area contributed by atoms with Gasteiger partial charge in [-0.15, -0.1) is 0 Å². The highest BCUT2D eigenvalue weighted by molar-refractivity contribution is 8.07. The number of rotatable bonds is 8. The SMILES string of the molecule is c1coc(C(CC2CS2)OC(CC2CS2)c2ccco2)c1. The van der Waals surface area contributed by atoms with Crippen molar-refractivity contribution in [3.8, 4) is 0 Å². The van der Waals surface area contributed by atoms with Gasteiger partial charge in [-0.3, -0.25) is 0 Å². The second kappa shape index (κ2) is 6.15. The first-order valence-electron chi connectivity index (χ1n) is 7.34. The second-order valence-electron chi connectivity index (χ2n) is 5.53. The molecule has 4 rings (SSSR count). The average Bonchev–Trinajstić information content (AvgIpc) is 3.36. The summed E-state index contributed by atoms with van der Waals surface area (Å²) in [6, 6.07) is 7.90. The molecule has 0 radical (unpaired) electrons. The summed E-state index contributed by atoms with van der Waals surface area (Å²) >= 11 is 3.99. The van der Waals surface area contributed by atoms with Crippen LogP contribution in [0.5, 0.6) is 0 Å². The van der Waals surface area contributed by atoms with Crippen LogP contribution >= 0.6 is 23.5 Å². The zero-order valence-electron chi connectivity index (χ0n) is 11.6. The molecular formula is C16H18O3S2. The smallest absolute Gasteiger partial charge is 0.132 e. The Labute approximate surface area is 132 Å². The number of thioether (sulfide) groups is 2. The van der Waals surface area contributed by atoms with Gasteiger partial charge in [0.15, 0.2) is 0 Å². The fraction of sp³-hybridized carbons (Fsp3) is 0.500. The van der Waals surface area contributed by atoms with Crippen LogP contribution in [0.1, 0.15) is 36.6 Å². The van der Waals surface area contributed by atoms with E-state index in [1.54, 1.807) is 12.5 Å². The Bertz CT molecular complexity index is 494. The fourth-order valence-electron chi connectivity index (χ4n) is 2.51. The Kier molecular flexibility index (Phi) is 4.05. The lowest BCUT2D eigenvalue weighted by Gasteiger charge is -2.22. The zero-order chi connectivity index (χ0) is 14.1. The molecule has 21 heavy (non-hydrogen) atoms. The Hall–Kier alpha value is -0.780. The summed E-state index contributed by atoms with van der Waals surface area (Å²) in [5.41, 5.74) is 0. The van der Waals surface area contributed by atoms with Crippen molar-refractivity contribution in [2.45, 2.75) is 35.5 Å². The van der Waals surface area contributed by atoms with Crippen LogP contribution in [0, 0.1) is 0 Å². The van der Waals surface area contributed by atoms with Gasteiger partial charge in [-0.2, -0.15) is 23.5 Å². The fourth-order valence-corrected chi connectivity index (χ4v) is 3.68. The van der Waals surface area contributed by atoms with Crippen molar-refractivity contribution in [1.82, 2.24) is 0 Å². The van der Waals surface area contributed by atoms with E-state index in [0.29, 0.717) is 10.5 Å². The second-order valence-corrected chi connectivity index (χ2v) is 8.19. The molecule has 2 aliphatic heterocycles. The zero-order valence-corrected chi connectivity index (χ0v) is 13.3. The van der Waals surface area contributed by atoms with Gasteiger partial charge in [-0.1, -0.05) is 0 Å². The highest BCUT2D eigenvalue weighted by atomic mass is 32.2. The van der Waals surface area contributed by atoms with Crippen LogP contribution in [0.4, 0.5) is 0 Å². The molecular weight excluding hydrogens is 304 g/mol. The molecule has 5 heteroatoms. The summed E-state index contributed by atoms with van der Waals surface area (Å²) in [4.78, 5) is 0. The van der Waals surface area contributed by atoms with Gasteiger partial charge in [-0.05, 0) is 37.1 Å². The molecule has 4 atom stereocenters. The van der Waals surface area contributed by atoms with Crippen molar-refractivity contribution < 1.29 is 13.6 Å². The molecule has 2 aliphatic rings. The van der Waals surface area contributed by atoms with Crippen LogP contribution in [-0.2, 0) is 4.74 Å². The minimum atomic E-state index is 0.0267. The Morgan fingerprint density at radius 1 is 0.952 bits per heavy atom. The van der Waals surface area contributed by atoms with Crippen LogP contribution in [0.3, 0.4) is 0 Å². The lowest BCUT2D eigenvalue weighted by atomic mass is 10.1. The van der Waals surface area contributed by atoms with Gasteiger partial charge in [0.1, 0.15) is 23.7 Å². The first kappa shape index (κ1) is 13.9. The predicted octanol–water partition coefficient (Wildman–Crippen LogP) is 4.68. The summed E-state index contributed by atoms with van der Waals surface area (Å²) in [5.74, 6) is 4.35. The third-order valence-corrected chi connectivity index (χ3v) is 5.80. The van der Waals surface area contributed by atoms with E-state index in [1.807, 2.05) is 47.8 Å². The van der Waals surface area contributed by atoms with Gasteiger partial charge in [-0.25, -0.2) is 0 Å². The molecule has 0 aliphatic carbocycles. The topological polar surface area (TPSA) is 35.5 Å². The quantitative estimate of drug-likeness (QED) is 0.659. The molecule has 4 unspecified atom stereocenters. The van der Waals surface area contributed by atoms with Crippen LogP contribution < -0.4 is 0 Å². The summed E-state index contributed by atoms with van der Waals surface area (Å²) in [6.07, 6.45) is 5.55. The van der Waals surface area contributed by atoms with E-state index in [0.717, 1.165) is 24.4 Å². The number of hydrogen-bond acceptors (Lipinski definition) is 5. The molecule has 0 spiro atoms. The summed E-state index contributed by atoms with van der Waals surface area (Å²) in [5, 5.41) is 1.43. The summed E-state index contributed by atoms with van der Waals surface area (Å²) in [7, 11) is 0. The van der Waals surface area contributed by atoms with Crippen molar-refractivity contribution in [3.05, 3.63) is 48.3 Å². The van der Waals surface area contributed by atoms with E-state index >= 15 is 0 Å². The van der Waals surface area contributed by atoms with Gasteiger partial charge in [0.2, 0.25) is 0 Å². The Morgan fingerprint density at radius 2 is 1.43 bits per heavy atom. The predicted molar refractivity (Wildman–Crippen MR) is 85.7 cm³/mol. The minimum Gasteiger partial charge on any atom is -0.467 e. The summed E-state index contributed by atoms with van der Waals surface area (Å²) in [6.45, 7) is 0. The third-order valence-electron chi connectivity index (χ3n) is 3.81. The van der Waals surface area contributed by atoms with E-state index in [4.69, 9.17) is 13.6 Å². The van der Waals surface area contributed by atoms with Gasteiger partial charge >= 0.3 is 0 Å². The van der Waals surface area contributed by atoms with Crippen LogP contribution in [0.2, 0.25) is 0 Å². The first-order valence-corrected chi connectivity index (χ1v) is 9.43. The van der Waals surface area contributed by atoms with Gasteiger partial charge < -0.3 is 13.6 Å². The molecule has 0 aromatic carbocycles. The average molecular weight is 322 g/mol. The molecule has 3 nitrogen and oxygen atoms in total. The minimum absolute atomic E-state index is 0.0267. The van der Waals surface area contributed by atoms with E-state index in [-0.39, 0.29) is 12.2 Å². The molecule has 112 valence electrons. The van der Waals surface area contributed by atoms with Crippen LogP contribution in [0.25, 0.3) is 0 Å².